The Labute approximate surface area is 123 Å². The number of aromatic nitrogens is 2. The molecule has 0 aliphatic carbocycles. The number of hydrogen-bond donors (Lipinski definition) is 2. The second-order valence-corrected chi connectivity index (χ2v) is 5.24. The van der Waals surface area contributed by atoms with Crippen molar-refractivity contribution in [3.05, 3.63) is 24.3 Å². The minimum Gasteiger partial charge on any atom is -0.486 e. The average Bonchev–Trinajstić information content (AvgIpc) is 3.05. The Morgan fingerprint density at radius 1 is 1.00 bits per heavy atom. The maximum absolute atomic E-state index is 5.63. The molecule has 21 heavy (non-hydrogen) atoms. The van der Waals surface area contributed by atoms with Gasteiger partial charge in [0.2, 0.25) is 0 Å². The van der Waals surface area contributed by atoms with E-state index in [9.17, 15) is 0 Å². The van der Waals surface area contributed by atoms with Gasteiger partial charge >= 0.3 is 0 Å². The summed E-state index contributed by atoms with van der Waals surface area (Å²) in [6.07, 6.45) is 0. The number of ether oxygens (including phenoxy) is 2. The molecule has 2 aromatic rings. The number of rotatable bonds is 2. The van der Waals surface area contributed by atoms with Crippen LogP contribution in [0.1, 0.15) is 0 Å². The van der Waals surface area contributed by atoms with E-state index in [0.29, 0.717) is 13.2 Å². The third-order valence-electron chi connectivity index (χ3n) is 3.86. The van der Waals surface area contributed by atoms with Gasteiger partial charge in [0.15, 0.2) is 17.3 Å². The fourth-order valence-electron chi connectivity index (χ4n) is 2.73. The first-order valence-electron chi connectivity index (χ1n) is 7.31. The van der Waals surface area contributed by atoms with Gasteiger partial charge in [0, 0.05) is 37.8 Å². The van der Waals surface area contributed by atoms with Gasteiger partial charge in [0.25, 0.3) is 0 Å². The molecule has 4 rings (SSSR count). The molecule has 1 saturated heterocycles. The smallest absolute Gasteiger partial charge is 0.162 e. The molecule has 0 bridgehead atoms. The van der Waals surface area contributed by atoms with E-state index in [4.69, 9.17) is 9.47 Å². The van der Waals surface area contributed by atoms with Crippen LogP contribution in [0.15, 0.2) is 24.3 Å². The predicted octanol–water partition coefficient (Wildman–Crippen LogP) is 1.26. The van der Waals surface area contributed by atoms with Crippen molar-refractivity contribution in [3.63, 3.8) is 0 Å². The Morgan fingerprint density at radius 3 is 2.67 bits per heavy atom. The van der Waals surface area contributed by atoms with Crippen LogP contribution in [0, 0.1) is 0 Å². The van der Waals surface area contributed by atoms with Gasteiger partial charge in [-0.05, 0) is 18.2 Å². The standard InChI is InChI=1S/C15H18N4O2/c1-2-13-14(21-8-7-20-13)9-11(1)12-10-15(18-17-12)19-5-3-16-4-6-19/h1-2,9-10,16H,3-8H2,(H,17,18). The highest BCUT2D eigenvalue weighted by Crippen LogP contribution is 2.34. The molecule has 0 saturated carbocycles. The van der Waals surface area contributed by atoms with Gasteiger partial charge in [-0.3, -0.25) is 5.10 Å². The van der Waals surface area contributed by atoms with E-state index in [-0.39, 0.29) is 0 Å². The van der Waals surface area contributed by atoms with Crippen molar-refractivity contribution >= 4 is 5.82 Å². The molecule has 0 unspecified atom stereocenters. The van der Waals surface area contributed by atoms with Crippen molar-refractivity contribution in [3.8, 4) is 22.8 Å². The van der Waals surface area contributed by atoms with Gasteiger partial charge in [-0.2, -0.15) is 5.10 Å². The Morgan fingerprint density at radius 2 is 1.81 bits per heavy atom. The largest absolute Gasteiger partial charge is 0.486 e. The van der Waals surface area contributed by atoms with Crippen molar-refractivity contribution in [2.24, 2.45) is 0 Å². The molecule has 1 aromatic heterocycles. The summed E-state index contributed by atoms with van der Waals surface area (Å²) in [6.45, 7) is 5.21. The normalized spacial score (nSPS) is 17.8. The summed E-state index contributed by atoms with van der Waals surface area (Å²) in [6, 6.07) is 8.08. The van der Waals surface area contributed by atoms with Crippen LogP contribution in [-0.4, -0.2) is 49.6 Å². The van der Waals surface area contributed by atoms with E-state index in [1.54, 1.807) is 0 Å². The average molecular weight is 286 g/mol. The van der Waals surface area contributed by atoms with Crippen molar-refractivity contribution in [2.75, 3.05) is 44.3 Å². The minimum absolute atomic E-state index is 0.603. The lowest BCUT2D eigenvalue weighted by Gasteiger charge is -2.26. The van der Waals surface area contributed by atoms with Crippen molar-refractivity contribution in [1.29, 1.82) is 0 Å². The molecule has 110 valence electrons. The Balaban J connectivity index is 1.60. The summed E-state index contributed by atoms with van der Waals surface area (Å²) in [4.78, 5) is 2.29. The summed E-state index contributed by atoms with van der Waals surface area (Å²) >= 11 is 0. The van der Waals surface area contributed by atoms with Crippen LogP contribution >= 0.6 is 0 Å². The number of anilines is 1. The molecule has 0 amide bonds. The maximum atomic E-state index is 5.63. The van der Waals surface area contributed by atoms with Gasteiger partial charge in [-0.15, -0.1) is 0 Å². The molecule has 6 heteroatoms. The highest BCUT2D eigenvalue weighted by molar-refractivity contribution is 5.67. The number of nitrogens with one attached hydrogen (secondary N) is 2. The van der Waals surface area contributed by atoms with E-state index in [1.807, 2.05) is 18.2 Å². The molecule has 1 fully saturated rings. The van der Waals surface area contributed by atoms with Gasteiger partial charge < -0.3 is 19.7 Å². The van der Waals surface area contributed by atoms with Crippen LogP contribution in [0.2, 0.25) is 0 Å². The van der Waals surface area contributed by atoms with Crippen LogP contribution in [0.25, 0.3) is 11.3 Å². The Bertz CT molecular complexity index is 634. The van der Waals surface area contributed by atoms with Gasteiger partial charge in [0.05, 0.1) is 5.69 Å². The van der Waals surface area contributed by atoms with Gasteiger partial charge in [0.1, 0.15) is 13.2 Å². The van der Waals surface area contributed by atoms with Crippen molar-refractivity contribution < 1.29 is 9.47 Å². The summed E-state index contributed by atoms with van der Waals surface area (Å²) in [5.41, 5.74) is 2.06. The molecule has 0 radical (unpaired) electrons. The number of fused-ring (bicyclic) bond motifs is 1. The Kier molecular flexibility index (Phi) is 3.16. The topological polar surface area (TPSA) is 62.4 Å². The first kappa shape index (κ1) is 12.5. The summed E-state index contributed by atoms with van der Waals surface area (Å²) in [5, 5.41) is 10.9. The highest BCUT2D eigenvalue weighted by atomic mass is 16.6. The van der Waals surface area contributed by atoms with Crippen LogP contribution < -0.4 is 19.7 Å². The molecule has 2 N–H and O–H groups in total. The zero-order valence-corrected chi connectivity index (χ0v) is 11.8. The van der Waals surface area contributed by atoms with E-state index >= 15 is 0 Å². The second-order valence-electron chi connectivity index (χ2n) is 5.24. The van der Waals surface area contributed by atoms with Crippen molar-refractivity contribution in [2.45, 2.75) is 0 Å². The molecule has 2 aliphatic heterocycles. The molecule has 6 nitrogen and oxygen atoms in total. The summed E-state index contributed by atoms with van der Waals surface area (Å²) in [5.74, 6) is 2.62. The number of aromatic amines is 1. The number of H-pyrrole nitrogens is 1. The number of benzene rings is 1. The molecule has 2 aliphatic rings. The van der Waals surface area contributed by atoms with Gasteiger partial charge in [-0.25, -0.2) is 0 Å². The zero-order valence-electron chi connectivity index (χ0n) is 11.8. The molecule has 3 heterocycles. The van der Waals surface area contributed by atoms with E-state index < -0.39 is 0 Å². The van der Waals surface area contributed by atoms with E-state index in [0.717, 1.165) is 54.8 Å². The first-order chi connectivity index (χ1) is 10.4. The fraction of sp³-hybridized carbons (Fsp3) is 0.400. The van der Waals surface area contributed by atoms with Crippen LogP contribution in [-0.2, 0) is 0 Å². The lowest BCUT2D eigenvalue weighted by Crippen LogP contribution is -2.43. The molecule has 1 aromatic carbocycles. The summed E-state index contributed by atoms with van der Waals surface area (Å²) in [7, 11) is 0. The fourth-order valence-corrected chi connectivity index (χ4v) is 2.73. The third kappa shape index (κ3) is 2.42. The van der Waals surface area contributed by atoms with Gasteiger partial charge in [-0.1, -0.05) is 0 Å². The van der Waals surface area contributed by atoms with Crippen molar-refractivity contribution in [1.82, 2.24) is 15.5 Å². The summed E-state index contributed by atoms with van der Waals surface area (Å²) < 4.78 is 11.2. The maximum Gasteiger partial charge on any atom is 0.162 e. The van der Waals surface area contributed by atoms with Crippen LogP contribution in [0.4, 0.5) is 5.82 Å². The third-order valence-corrected chi connectivity index (χ3v) is 3.86. The number of piperazine rings is 1. The first-order valence-corrected chi connectivity index (χ1v) is 7.31. The molecular formula is C15H18N4O2. The predicted molar refractivity (Wildman–Crippen MR) is 80.1 cm³/mol. The minimum atomic E-state index is 0.603. The quantitative estimate of drug-likeness (QED) is 0.870. The molecular weight excluding hydrogens is 268 g/mol. The lowest BCUT2D eigenvalue weighted by molar-refractivity contribution is 0.171. The van der Waals surface area contributed by atoms with E-state index in [1.165, 1.54) is 0 Å². The second kappa shape index (κ2) is 5.29. The van der Waals surface area contributed by atoms with E-state index in [2.05, 4.69) is 26.5 Å². The monoisotopic (exact) mass is 286 g/mol. The highest BCUT2D eigenvalue weighted by Gasteiger charge is 2.16. The zero-order chi connectivity index (χ0) is 14.1. The number of hydrogen-bond acceptors (Lipinski definition) is 5. The molecule has 0 spiro atoms. The Hall–Kier alpha value is -2.21. The lowest BCUT2D eigenvalue weighted by atomic mass is 10.1. The number of nitrogens with zero attached hydrogens (tertiary/aromatic N) is 2. The SMILES string of the molecule is c1cc2c(cc1-c1cc(N3CCNCC3)n[nH]1)OCCO2. The van der Waals surface area contributed by atoms with Crippen LogP contribution in [0.5, 0.6) is 11.5 Å². The van der Waals surface area contributed by atoms with Crippen LogP contribution in [0.3, 0.4) is 0 Å². The molecule has 0 atom stereocenters.